The molecule has 1 fully saturated rings. The zero-order valence-electron chi connectivity index (χ0n) is 11.9. The molecule has 2 aromatic heterocycles. The van der Waals surface area contributed by atoms with Crippen molar-refractivity contribution in [2.24, 2.45) is 0 Å². The Morgan fingerprint density at radius 2 is 1.95 bits per heavy atom. The average Bonchev–Trinajstić information content (AvgIpc) is 2.86. The highest BCUT2D eigenvalue weighted by Gasteiger charge is 2.19. The molecule has 19 heavy (non-hydrogen) atoms. The van der Waals surface area contributed by atoms with Gasteiger partial charge in [0.1, 0.15) is 11.3 Å². The van der Waals surface area contributed by atoms with Gasteiger partial charge in [-0.25, -0.2) is 4.98 Å². The molecule has 3 heterocycles. The zero-order chi connectivity index (χ0) is 13.4. The van der Waals surface area contributed by atoms with E-state index in [0.717, 1.165) is 49.6 Å². The lowest BCUT2D eigenvalue weighted by Crippen LogP contribution is -2.44. The van der Waals surface area contributed by atoms with Crippen molar-refractivity contribution in [3.63, 3.8) is 0 Å². The Hall–Kier alpha value is -1.62. The van der Waals surface area contributed by atoms with Crippen molar-refractivity contribution in [2.45, 2.75) is 20.4 Å². The van der Waals surface area contributed by atoms with Crippen LogP contribution >= 0.6 is 0 Å². The van der Waals surface area contributed by atoms with Crippen LogP contribution in [0.3, 0.4) is 0 Å². The number of piperazine rings is 1. The van der Waals surface area contributed by atoms with Crippen LogP contribution in [0.5, 0.6) is 0 Å². The van der Waals surface area contributed by atoms with Gasteiger partial charge in [-0.3, -0.25) is 4.68 Å². The third kappa shape index (κ3) is 2.18. The normalized spacial score (nSPS) is 17.3. The fourth-order valence-corrected chi connectivity index (χ4v) is 2.60. The van der Waals surface area contributed by atoms with Crippen LogP contribution in [-0.4, -0.2) is 52.9 Å². The van der Waals surface area contributed by atoms with Gasteiger partial charge in [0.15, 0.2) is 0 Å². The summed E-state index contributed by atoms with van der Waals surface area (Å²) in [4.78, 5) is 9.39. The van der Waals surface area contributed by atoms with Crippen molar-refractivity contribution in [1.82, 2.24) is 19.7 Å². The molecule has 0 unspecified atom stereocenters. The number of hydrogen-bond donors (Lipinski definition) is 0. The second kappa shape index (κ2) is 4.81. The number of hydrogen-bond acceptors (Lipinski definition) is 4. The van der Waals surface area contributed by atoms with E-state index in [0.29, 0.717) is 0 Å². The minimum atomic E-state index is 0.899. The number of aryl methyl sites for hydroxylation is 2. The van der Waals surface area contributed by atoms with Gasteiger partial charge in [-0.2, -0.15) is 5.10 Å². The maximum absolute atomic E-state index is 4.66. The number of aromatic nitrogens is 3. The van der Waals surface area contributed by atoms with E-state index in [1.807, 2.05) is 10.9 Å². The fraction of sp³-hybridized carbons (Fsp3) is 0.571. The highest BCUT2D eigenvalue weighted by Crippen LogP contribution is 2.26. The Morgan fingerprint density at radius 1 is 1.21 bits per heavy atom. The number of likely N-dealkylation sites (N-methyl/N-ethyl adjacent to an activating group) is 1. The molecule has 0 spiro atoms. The van der Waals surface area contributed by atoms with E-state index < -0.39 is 0 Å². The van der Waals surface area contributed by atoms with Crippen molar-refractivity contribution in [2.75, 3.05) is 38.1 Å². The van der Waals surface area contributed by atoms with Gasteiger partial charge in [0.05, 0.1) is 5.39 Å². The van der Waals surface area contributed by atoms with Gasteiger partial charge in [0.25, 0.3) is 0 Å². The van der Waals surface area contributed by atoms with Crippen molar-refractivity contribution >= 4 is 16.7 Å². The Morgan fingerprint density at radius 3 is 2.63 bits per heavy atom. The lowest BCUT2D eigenvalue weighted by atomic mass is 10.2. The SMILES string of the molecule is CCn1cc2c(N3CCN(C)CC3)ncc(C)c2n1. The minimum Gasteiger partial charge on any atom is -0.353 e. The first-order valence-corrected chi connectivity index (χ1v) is 6.95. The number of fused-ring (bicyclic) bond motifs is 1. The molecule has 5 heteroatoms. The van der Waals surface area contributed by atoms with Gasteiger partial charge in [-0.1, -0.05) is 0 Å². The van der Waals surface area contributed by atoms with Crippen LogP contribution in [0.15, 0.2) is 12.4 Å². The van der Waals surface area contributed by atoms with E-state index in [2.05, 4.69) is 47.0 Å². The summed E-state index contributed by atoms with van der Waals surface area (Å²) < 4.78 is 2.00. The monoisotopic (exact) mass is 259 g/mol. The van der Waals surface area contributed by atoms with Crippen molar-refractivity contribution in [3.05, 3.63) is 18.0 Å². The van der Waals surface area contributed by atoms with Crippen LogP contribution in [0, 0.1) is 6.92 Å². The van der Waals surface area contributed by atoms with Crippen LogP contribution in [0.2, 0.25) is 0 Å². The molecule has 3 rings (SSSR count). The molecule has 0 amide bonds. The maximum atomic E-state index is 4.66. The molecular formula is C14H21N5. The minimum absolute atomic E-state index is 0.899. The van der Waals surface area contributed by atoms with E-state index in [-0.39, 0.29) is 0 Å². The molecule has 0 aromatic carbocycles. The smallest absolute Gasteiger partial charge is 0.139 e. The fourth-order valence-electron chi connectivity index (χ4n) is 2.60. The van der Waals surface area contributed by atoms with Crippen LogP contribution in [0.1, 0.15) is 12.5 Å². The predicted octanol–water partition coefficient (Wildman–Crippen LogP) is 1.51. The van der Waals surface area contributed by atoms with Crippen molar-refractivity contribution in [1.29, 1.82) is 0 Å². The first kappa shape index (κ1) is 12.4. The van der Waals surface area contributed by atoms with Gasteiger partial charge in [0, 0.05) is 45.1 Å². The molecule has 102 valence electrons. The second-order valence-corrected chi connectivity index (χ2v) is 5.30. The third-order valence-electron chi connectivity index (χ3n) is 3.88. The Balaban J connectivity index is 2.03. The van der Waals surface area contributed by atoms with Gasteiger partial charge in [-0.15, -0.1) is 0 Å². The number of nitrogens with zero attached hydrogens (tertiary/aromatic N) is 5. The summed E-state index contributed by atoms with van der Waals surface area (Å²) in [7, 11) is 2.17. The number of rotatable bonds is 2. The average molecular weight is 259 g/mol. The Kier molecular flexibility index (Phi) is 3.14. The van der Waals surface area contributed by atoms with E-state index in [1.54, 1.807) is 0 Å². The van der Waals surface area contributed by atoms with Crippen molar-refractivity contribution < 1.29 is 0 Å². The highest BCUT2D eigenvalue weighted by atomic mass is 15.3. The van der Waals surface area contributed by atoms with Crippen LogP contribution in [0.25, 0.3) is 10.9 Å². The standard InChI is InChI=1S/C14H21N5/c1-4-19-10-12-13(16-19)11(2)9-15-14(12)18-7-5-17(3)6-8-18/h9-10H,4-8H2,1-3H3. The molecule has 1 aliphatic heterocycles. The van der Waals surface area contributed by atoms with Crippen LogP contribution in [-0.2, 0) is 6.54 Å². The summed E-state index contributed by atoms with van der Waals surface area (Å²) in [5, 5.41) is 5.83. The maximum Gasteiger partial charge on any atom is 0.139 e. The van der Waals surface area contributed by atoms with Gasteiger partial charge in [-0.05, 0) is 26.5 Å². The highest BCUT2D eigenvalue weighted by molar-refractivity contribution is 5.91. The second-order valence-electron chi connectivity index (χ2n) is 5.30. The molecule has 1 aliphatic rings. The molecule has 2 aromatic rings. The Labute approximate surface area is 113 Å². The first-order valence-electron chi connectivity index (χ1n) is 6.95. The predicted molar refractivity (Wildman–Crippen MR) is 77.6 cm³/mol. The molecule has 0 N–H and O–H groups in total. The topological polar surface area (TPSA) is 37.2 Å². The van der Waals surface area contributed by atoms with Gasteiger partial charge in [0.2, 0.25) is 0 Å². The van der Waals surface area contributed by atoms with Crippen LogP contribution in [0.4, 0.5) is 5.82 Å². The van der Waals surface area contributed by atoms with Gasteiger partial charge >= 0.3 is 0 Å². The van der Waals surface area contributed by atoms with E-state index >= 15 is 0 Å². The molecular weight excluding hydrogens is 238 g/mol. The third-order valence-corrected chi connectivity index (χ3v) is 3.88. The largest absolute Gasteiger partial charge is 0.353 e. The van der Waals surface area contributed by atoms with Gasteiger partial charge < -0.3 is 9.80 Å². The zero-order valence-corrected chi connectivity index (χ0v) is 11.9. The number of anilines is 1. The summed E-state index contributed by atoms with van der Waals surface area (Å²) in [5.41, 5.74) is 2.24. The molecule has 0 aliphatic carbocycles. The van der Waals surface area contributed by atoms with E-state index in [4.69, 9.17) is 0 Å². The number of pyridine rings is 1. The quantitative estimate of drug-likeness (QED) is 0.819. The summed E-state index contributed by atoms with van der Waals surface area (Å²) in [6.07, 6.45) is 4.08. The van der Waals surface area contributed by atoms with Crippen LogP contribution < -0.4 is 4.90 Å². The lowest BCUT2D eigenvalue weighted by molar-refractivity contribution is 0.312. The lowest BCUT2D eigenvalue weighted by Gasteiger charge is -2.33. The van der Waals surface area contributed by atoms with E-state index in [1.165, 1.54) is 5.39 Å². The molecule has 0 radical (unpaired) electrons. The summed E-state index contributed by atoms with van der Waals surface area (Å²) in [5.74, 6) is 1.09. The molecule has 0 bridgehead atoms. The van der Waals surface area contributed by atoms with Crippen molar-refractivity contribution in [3.8, 4) is 0 Å². The molecule has 5 nitrogen and oxygen atoms in total. The summed E-state index contributed by atoms with van der Waals surface area (Å²) >= 11 is 0. The molecule has 1 saturated heterocycles. The summed E-state index contributed by atoms with van der Waals surface area (Å²) in [6.45, 7) is 9.37. The molecule has 0 atom stereocenters. The Bertz CT molecular complexity index is 581. The summed E-state index contributed by atoms with van der Waals surface area (Å²) in [6, 6.07) is 0. The van der Waals surface area contributed by atoms with E-state index in [9.17, 15) is 0 Å². The molecule has 0 saturated carbocycles. The first-order chi connectivity index (χ1) is 9.19.